The Hall–Kier alpha value is -3.48. The molecule has 1 aromatic heterocycles. The minimum Gasteiger partial charge on any atom is -0.339 e. The fraction of sp³-hybridized carbons (Fsp3) is 0.360. The van der Waals surface area contributed by atoms with Crippen molar-refractivity contribution in [3.05, 3.63) is 59.5 Å². The standard InChI is InChI=1S/C25H26N4O3/c1-15-9-10-21(16(2)11-15)26-24(31)19-13-22(30)29(14-19)20-8-4-7-18(12-20)23-27-25(32-28-23)17-5-3-6-17/h4,7-12,17,19H,3,5-6,13-14H2,1-2H3,(H,26,31)/t19-/m1/s1. The molecule has 7 heteroatoms. The van der Waals surface area contributed by atoms with Crippen LogP contribution in [0.25, 0.3) is 11.4 Å². The lowest BCUT2D eigenvalue weighted by molar-refractivity contribution is -0.122. The second-order valence-electron chi connectivity index (χ2n) is 8.85. The highest BCUT2D eigenvalue weighted by atomic mass is 16.5. The minimum atomic E-state index is -0.401. The molecule has 164 valence electrons. The first-order chi connectivity index (χ1) is 15.5. The van der Waals surface area contributed by atoms with Gasteiger partial charge in [0.25, 0.3) is 0 Å². The summed E-state index contributed by atoms with van der Waals surface area (Å²) in [5.74, 6) is 0.998. The molecule has 1 N–H and O–H groups in total. The van der Waals surface area contributed by atoms with Gasteiger partial charge in [0.05, 0.1) is 5.92 Å². The highest BCUT2D eigenvalue weighted by Crippen LogP contribution is 2.36. The summed E-state index contributed by atoms with van der Waals surface area (Å²) in [5.41, 5.74) is 4.47. The molecule has 1 saturated heterocycles. The summed E-state index contributed by atoms with van der Waals surface area (Å²) in [4.78, 5) is 31.8. The van der Waals surface area contributed by atoms with Crippen LogP contribution >= 0.6 is 0 Å². The lowest BCUT2D eigenvalue weighted by Crippen LogP contribution is -2.28. The van der Waals surface area contributed by atoms with Gasteiger partial charge in [-0.2, -0.15) is 4.98 Å². The molecule has 3 aromatic rings. The molecule has 0 radical (unpaired) electrons. The van der Waals surface area contributed by atoms with Gasteiger partial charge >= 0.3 is 0 Å². The van der Waals surface area contributed by atoms with Crippen LogP contribution in [-0.4, -0.2) is 28.5 Å². The first-order valence-electron chi connectivity index (χ1n) is 11.1. The molecule has 1 aliphatic heterocycles. The van der Waals surface area contributed by atoms with Crippen molar-refractivity contribution in [2.24, 2.45) is 5.92 Å². The number of aryl methyl sites for hydroxylation is 2. The summed E-state index contributed by atoms with van der Waals surface area (Å²) in [6.45, 7) is 4.33. The number of anilines is 2. The summed E-state index contributed by atoms with van der Waals surface area (Å²) in [5, 5.41) is 7.11. The molecule has 0 unspecified atom stereocenters. The fourth-order valence-corrected chi connectivity index (χ4v) is 4.31. The van der Waals surface area contributed by atoms with E-state index in [1.54, 1.807) is 4.90 Å². The van der Waals surface area contributed by atoms with E-state index in [2.05, 4.69) is 15.5 Å². The zero-order chi connectivity index (χ0) is 22.2. The molecule has 2 heterocycles. The number of nitrogens with one attached hydrogen (secondary N) is 1. The Bertz CT molecular complexity index is 1180. The number of hydrogen-bond donors (Lipinski definition) is 1. The first-order valence-corrected chi connectivity index (χ1v) is 11.1. The number of carbonyl (C=O) groups excluding carboxylic acids is 2. The van der Waals surface area contributed by atoms with Crippen molar-refractivity contribution in [3.63, 3.8) is 0 Å². The van der Waals surface area contributed by atoms with Crippen molar-refractivity contribution < 1.29 is 14.1 Å². The maximum absolute atomic E-state index is 12.8. The Balaban J connectivity index is 1.30. The first kappa shape index (κ1) is 20.4. The third kappa shape index (κ3) is 3.90. The molecule has 32 heavy (non-hydrogen) atoms. The number of carbonyl (C=O) groups is 2. The summed E-state index contributed by atoms with van der Waals surface area (Å²) in [7, 11) is 0. The van der Waals surface area contributed by atoms with E-state index in [0.717, 1.165) is 40.9 Å². The topological polar surface area (TPSA) is 88.3 Å². The van der Waals surface area contributed by atoms with E-state index in [4.69, 9.17) is 4.52 Å². The van der Waals surface area contributed by atoms with Crippen molar-refractivity contribution in [2.45, 2.75) is 45.4 Å². The summed E-state index contributed by atoms with van der Waals surface area (Å²) in [6.07, 6.45) is 3.58. The number of benzene rings is 2. The smallest absolute Gasteiger partial charge is 0.230 e. The second-order valence-corrected chi connectivity index (χ2v) is 8.85. The van der Waals surface area contributed by atoms with Gasteiger partial charge in [0.2, 0.25) is 23.5 Å². The van der Waals surface area contributed by atoms with Gasteiger partial charge in [-0.05, 0) is 50.5 Å². The predicted molar refractivity (Wildman–Crippen MR) is 121 cm³/mol. The lowest BCUT2D eigenvalue weighted by atomic mass is 9.85. The molecular formula is C25H26N4O3. The normalized spacial score (nSPS) is 18.6. The zero-order valence-corrected chi connectivity index (χ0v) is 18.3. The van der Waals surface area contributed by atoms with Crippen LogP contribution in [0.3, 0.4) is 0 Å². The molecule has 0 spiro atoms. The third-order valence-electron chi connectivity index (χ3n) is 6.45. The van der Waals surface area contributed by atoms with Gasteiger partial charge in [-0.1, -0.05) is 41.4 Å². The quantitative estimate of drug-likeness (QED) is 0.638. The monoisotopic (exact) mass is 430 g/mol. The molecule has 2 aliphatic rings. The van der Waals surface area contributed by atoms with Gasteiger partial charge in [0.15, 0.2) is 0 Å². The van der Waals surface area contributed by atoms with Gasteiger partial charge in [0.1, 0.15) is 0 Å². The van der Waals surface area contributed by atoms with Crippen molar-refractivity contribution in [2.75, 3.05) is 16.8 Å². The Kier molecular flexibility index (Phi) is 5.25. The van der Waals surface area contributed by atoms with Crippen molar-refractivity contribution >= 4 is 23.2 Å². The number of aromatic nitrogens is 2. The predicted octanol–water partition coefficient (Wildman–Crippen LogP) is 4.61. The molecular weight excluding hydrogens is 404 g/mol. The van der Waals surface area contributed by atoms with Crippen molar-refractivity contribution in [1.29, 1.82) is 0 Å². The highest BCUT2D eigenvalue weighted by Gasteiger charge is 2.35. The van der Waals surface area contributed by atoms with Crippen LogP contribution in [-0.2, 0) is 9.59 Å². The maximum atomic E-state index is 12.8. The minimum absolute atomic E-state index is 0.0637. The largest absolute Gasteiger partial charge is 0.339 e. The van der Waals surface area contributed by atoms with Crippen LogP contribution in [0.1, 0.15) is 48.6 Å². The van der Waals surface area contributed by atoms with Crippen LogP contribution in [0.5, 0.6) is 0 Å². The summed E-state index contributed by atoms with van der Waals surface area (Å²) < 4.78 is 5.44. The molecule has 2 amide bonds. The van der Waals surface area contributed by atoms with E-state index in [0.29, 0.717) is 24.2 Å². The van der Waals surface area contributed by atoms with Crippen LogP contribution in [0.15, 0.2) is 47.0 Å². The van der Waals surface area contributed by atoms with Crippen LogP contribution in [0.4, 0.5) is 11.4 Å². The van der Waals surface area contributed by atoms with Gasteiger partial charge in [0, 0.05) is 35.8 Å². The summed E-state index contributed by atoms with van der Waals surface area (Å²) in [6, 6.07) is 13.4. The molecule has 5 rings (SSSR count). The highest BCUT2D eigenvalue weighted by molar-refractivity contribution is 6.03. The number of nitrogens with zero attached hydrogens (tertiary/aromatic N) is 3. The Morgan fingerprint density at radius 1 is 1.16 bits per heavy atom. The van der Waals surface area contributed by atoms with E-state index in [9.17, 15) is 9.59 Å². The van der Waals surface area contributed by atoms with E-state index >= 15 is 0 Å². The fourth-order valence-electron chi connectivity index (χ4n) is 4.31. The Labute approximate surface area is 186 Å². The Morgan fingerprint density at radius 3 is 2.75 bits per heavy atom. The van der Waals surface area contributed by atoms with Crippen molar-refractivity contribution in [1.82, 2.24) is 10.1 Å². The van der Waals surface area contributed by atoms with Crippen LogP contribution < -0.4 is 10.2 Å². The van der Waals surface area contributed by atoms with E-state index in [1.165, 1.54) is 6.42 Å². The molecule has 7 nitrogen and oxygen atoms in total. The van der Waals surface area contributed by atoms with Crippen molar-refractivity contribution in [3.8, 4) is 11.4 Å². The van der Waals surface area contributed by atoms with Crippen LogP contribution in [0, 0.1) is 19.8 Å². The van der Waals surface area contributed by atoms with Gasteiger partial charge in [-0.25, -0.2) is 0 Å². The maximum Gasteiger partial charge on any atom is 0.230 e. The lowest BCUT2D eigenvalue weighted by Gasteiger charge is -2.20. The van der Waals surface area contributed by atoms with Gasteiger partial charge in [-0.15, -0.1) is 0 Å². The average molecular weight is 431 g/mol. The second kappa shape index (κ2) is 8.22. The summed E-state index contributed by atoms with van der Waals surface area (Å²) >= 11 is 0. The molecule has 1 aliphatic carbocycles. The average Bonchev–Trinajstić information content (AvgIpc) is 3.36. The molecule has 1 atom stereocenters. The Morgan fingerprint density at radius 2 is 2.00 bits per heavy atom. The molecule has 1 saturated carbocycles. The van der Waals surface area contributed by atoms with Gasteiger partial charge < -0.3 is 14.7 Å². The van der Waals surface area contributed by atoms with Gasteiger partial charge in [-0.3, -0.25) is 9.59 Å². The number of amides is 2. The SMILES string of the molecule is Cc1ccc(NC(=O)[C@@H]2CC(=O)N(c3cccc(-c4noc(C5CCC5)n4)c3)C2)c(C)c1. The van der Waals surface area contributed by atoms with E-state index in [1.807, 2.05) is 56.3 Å². The molecule has 2 fully saturated rings. The molecule has 2 aromatic carbocycles. The number of rotatable bonds is 5. The van der Waals surface area contributed by atoms with E-state index in [-0.39, 0.29) is 18.2 Å². The zero-order valence-electron chi connectivity index (χ0n) is 18.3. The van der Waals surface area contributed by atoms with Crippen LogP contribution in [0.2, 0.25) is 0 Å². The van der Waals surface area contributed by atoms with E-state index < -0.39 is 5.92 Å². The number of hydrogen-bond acceptors (Lipinski definition) is 5. The third-order valence-corrected chi connectivity index (χ3v) is 6.45. The molecule has 0 bridgehead atoms.